The van der Waals surface area contributed by atoms with Gasteiger partial charge in [0.1, 0.15) is 11.6 Å². The number of rotatable bonds is 7. The Kier molecular flexibility index (Phi) is 8.00. The molecule has 35 heavy (non-hydrogen) atoms. The summed E-state index contributed by atoms with van der Waals surface area (Å²) in [5.41, 5.74) is 1.42. The summed E-state index contributed by atoms with van der Waals surface area (Å²) in [5, 5.41) is 3.40. The Labute approximate surface area is 211 Å². The van der Waals surface area contributed by atoms with Crippen LogP contribution in [0.1, 0.15) is 53.5 Å². The Bertz CT molecular complexity index is 1240. The highest BCUT2D eigenvalue weighted by molar-refractivity contribution is 6.33. The Hall–Kier alpha value is -3.19. The molecule has 0 spiro atoms. The maximum absolute atomic E-state index is 12.4. The van der Waals surface area contributed by atoms with Gasteiger partial charge >= 0.3 is 5.69 Å². The molecule has 3 rings (SSSR count). The number of hydrogen-bond donors (Lipinski definition) is 2. The Morgan fingerprint density at radius 3 is 2.34 bits per heavy atom. The molecule has 0 aliphatic carbocycles. The number of amides is 1. The summed E-state index contributed by atoms with van der Waals surface area (Å²) in [7, 11) is 0. The SMILES string of the molecule is CC(C)(C)COc1ccc(-c2nc(-c3cc(CCC(=O)NC(C)(C)C)ccc3Cl)[nH]c(=O)n2)cc1. The predicted molar refractivity (Wildman–Crippen MR) is 140 cm³/mol. The molecule has 2 aromatic carbocycles. The number of carbonyl (C=O) groups excluding carboxylic acids is 1. The van der Waals surface area contributed by atoms with Gasteiger partial charge in [-0.3, -0.25) is 9.78 Å². The highest BCUT2D eigenvalue weighted by atomic mass is 35.5. The van der Waals surface area contributed by atoms with Gasteiger partial charge in [0.25, 0.3) is 0 Å². The zero-order valence-electron chi connectivity index (χ0n) is 21.2. The number of aromatic nitrogens is 3. The van der Waals surface area contributed by atoms with Gasteiger partial charge < -0.3 is 10.1 Å². The number of aromatic amines is 1. The standard InChI is InChI=1S/C27H33ClN4O3/c1-26(2,3)16-35-19-11-9-18(10-12-19)23-29-24(31-25(34)30-23)20-15-17(7-13-21(20)28)8-14-22(33)32-27(4,5)6/h7,9-13,15H,8,14,16H2,1-6H3,(H,32,33)(H,29,30,31,34). The van der Waals surface area contributed by atoms with Crippen molar-refractivity contribution in [2.75, 3.05) is 6.61 Å². The van der Waals surface area contributed by atoms with Gasteiger partial charge in [-0.05, 0) is 74.6 Å². The zero-order chi connectivity index (χ0) is 25.8. The molecule has 1 amide bonds. The zero-order valence-corrected chi connectivity index (χ0v) is 21.9. The van der Waals surface area contributed by atoms with Gasteiger partial charge in [0, 0.05) is 23.1 Å². The molecule has 0 saturated carbocycles. The highest BCUT2D eigenvalue weighted by Gasteiger charge is 2.16. The molecule has 0 saturated heterocycles. The number of carbonyl (C=O) groups is 1. The third-order valence-corrected chi connectivity index (χ3v) is 5.21. The number of aryl methyl sites for hydroxylation is 1. The first kappa shape index (κ1) is 26.4. The normalized spacial score (nSPS) is 11.9. The van der Waals surface area contributed by atoms with E-state index in [-0.39, 0.29) is 22.7 Å². The number of halogens is 1. The fraction of sp³-hybridized carbons (Fsp3) is 0.407. The summed E-state index contributed by atoms with van der Waals surface area (Å²) in [6, 6.07) is 12.8. The van der Waals surface area contributed by atoms with Gasteiger partial charge in [-0.1, -0.05) is 38.4 Å². The first-order valence-corrected chi connectivity index (χ1v) is 12.0. The molecular weight excluding hydrogens is 464 g/mol. The van der Waals surface area contributed by atoms with Gasteiger partial charge in [0.05, 0.1) is 11.6 Å². The van der Waals surface area contributed by atoms with Crippen LogP contribution in [0.4, 0.5) is 0 Å². The first-order valence-electron chi connectivity index (χ1n) is 11.6. The van der Waals surface area contributed by atoms with E-state index in [9.17, 15) is 9.59 Å². The van der Waals surface area contributed by atoms with Crippen molar-refractivity contribution in [2.45, 2.75) is 59.9 Å². The second-order valence-electron chi connectivity index (χ2n) is 10.8. The second-order valence-corrected chi connectivity index (χ2v) is 11.2. The topological polar surface area (TPSA) is 97.0 Å². The lowest BCUT2D eigenvalue weighted by Crippen LogP contribution is -2.40. The Morgan fingerprint density at radius 2 is 1.71 bits per heavy atom. The molecule has 1 heterocycles. The minimum Gasteiger partial charge on any atom is -0.493 e. The van der Waals surface area contributed by atoms with Crippen molar-refractivity contribution in [1.82, 2.24) is 20.3 Å². The van der Waals surface area contributed by atoms with Crippen LogP contribution in [0, 0.1) is 5.41 Å². The molecular formula is C27H33ClN4O3. The van der Waals surface area contributed by atoms with E-state index >= 15 is 0 Å². The molecule has 0 fully saturated rings. The third kappa shape index (κ3) is 8.21. The quantitative estimate of drug-likeness (QED) is 0.455. The minimum absolute atomic E-state index is 0.0262. The molecule has 1 aromatic heterocycles. The van der Waals surface area contributed by atoms with Crippen molar-refractivity contribution >= 4 is 17.5 Å². The van der Waals surface area contributed by atoms with E-state index < -0.39 is 5.69 Å². The van der Waals surface area contributed by atoms with Crippen molar-refractivity contribution in [1.29, 1.82) is 0 Å². The summed E-state index contributed by atoms with van der Waals surface area (Å²) in [4.78, 5) is 35.8. The summed E-state index contributed by atoms with van der Waals surface area (Å²) in [6.45, 7) is 12.7. The van der Waals surface area contributed by atoms with Gasteiger partial charge in [-0.25, -0.2) is 9.78 Å². The maximum Gasteiger partial charge on any atom is 0.348 e. The molecule has 8 heteroatoms. The number of H-pyrrole nitrogens is 1. The van der Waals surface area contributed by atoms with Crippen molar-refractivity contribution in [3.05, 3.63) is 63.5 Å². The lowest BCUT2D eigenvalue weighted by Gasteiger charge is -2.20. The molecule has 0 aliphatic heterocycles. The summed E-state index contributed by atoms with van der Waals surface area (Å²) in [6.07, 6.45) is 0.873. The van der Waals surface area contributed by atoms with E-state index in [1.807, 2.05) is 57.2 Å². The van der Waals surface area contributed by atoms with Gasteiger partial charge in [0.2, 0.25) is 5.91 Å². The van der Waals surface area contributed by atoms with Crippen molar-refractivity contribution < 1.29 is 9.53 Å². The van der Waals surface area contributed by atoms with Crippen LogP contribution >= 0.6 is 11.6 Å². The van der Waals surface area contributed by atoms with Crippen molar-refractivity contribution in [2.24, 2.45) is 5.41 Å². The van der Waals surface area contributed by atoms with Gasteiger partial charge in [-0.2, -0.15) is 4.98 Å². The molecule has 0 bridgehead atoms. The van der Waals surface area contributed by atoms with Crippen LogP contribution in [0.2, 0.25) is 5.02 Å². The number of hydrogen-bond acceptors (Lipinski definition) is 5. The third-order valence-electron chi connectivity index (χ3n) is 4.88. The molecule has 186 valence electrons. The van der Waals surface area contributed by atoms with Crippen LogP contribution in [-0.2, 0) is 11.2 Å². The average molecular weight is 497 g/mol. The molecule has 0 atom stereocenters. The number of nitrogens with one attached hydrogen (secondary N) is 2. The Morgan fingerprint density at radius 1 is 1.03 bits per heavy atom. The minimum atomic E-state index is -0.524. The molecule has 0 aliphatic rings. The van der Waals surface area contributed by atoms with Crippen LogP contribution in [0.15, 0.2) is 47.3 Å². The monoisotopic (exact) mass is 496 g/mol. The largest absolute Gasteiger partial charge is 0.493 e. The molecule has 0 radical (unpaired) electrons. The lowest BCUT2D eigenvalue weighted by atomic mass is 9.99. The van der Waals surface area contributed by atoms with E-state index in [1.165, 1.54) is 0 Å². The average Bonchev–Trinajstić information content (AvgIpc) is 2.75. The van der Waals surface area contributed by atoms with Crippen LogP contribution in [0.5, 0.6) is 5.75 Å². The molecule has 2 N–H and O–H groups in total. The molecule has 7 nitrogen and oxygen atoms in total. The predicted octanol–water partition coefficient (Wildman–Crippen LogP) is 5.42. The van der Waals surface area contributed by atoms with E-state index in [1.54, 1.807) is 6.07 Å². The summed E-state index contributed by atoms with van der Waals surface area (Å²) >= 11 is 6.45. The van der Waals surface area contributed by atoms with Crippen LogP contribution in [-0.4, -0.2) is 33.0 Å². The van der Waals surface area contributed by atoms with E-state index in [2.05, 4.69) is 41.0 Å². The lowest BCUT2D eigenvalue weighted by molar-refractivity contribution is -0.122. The van der Waals surface area contributed by atoms with Crippen molar-refractivity contribution in [3.8, 4) is 28.5 Å². The number of nitrogens with zero attached hydrogens (tertiary/aromatic N) is 2. The Balaban J connectivity index is 1.82. The summed E-state index contributed by atoms with van der Waals surface area (Å²) in [5.74, 6) is 1.32. The highest BCUT2D eigenvalue weighted by Crippen LogP contribution is 2.28. The van der Waals surface area contributed by atoms with Gasteiger partial charge in [-0.15, -0.1) is 0 Å². The number of ether oxygens (including phenoxy) is 1. The summed E-state index contributed by atoms with van der Waals surface area (Å²) < 4.78 is 5.82. The van der Waals surface area contributed by atoms with Gasteiger partial charge in [0.15, 0.2) is 5.82 Å². The number of benzene rings is 2. The fourth-order valence-corrected chi connectivity index (χ4v) is 3.50. The van der Waals surface area contributed by atoms with E-state index in [0.717, 1.165) is 11.3 Å². The molecule has 0 unspecified atom stereocenters. The first-order chi connectivity index (χ1) is 16.3. The maximum atomic E-state index is 12.4. The van der Waals surface area contributed by atoms with E-state index in [4.69, 9.17) is 16.3 Å². The molecule has 3 aromatic rings. The fourth-order valence-electron chi connectivity index (χ4n) is 3.29. The van der Waals surface area contributed by atoms with Crippen LogP contribution in [0.3, 0.4) is 0 Å². The van der Waals surface area contributed by atoms with Crippen LogP contribution in [0.25, 0.3) is 22.8 Å². The smallest absolute Gasteiger partial charge is 0.348 e. The van der Waals surface area contributed by atoms with E-state index in [0.29, 0.717) is 41.4 Å². The van der Waals surface area contributed by atoms with Crippen molar-refractivity contribution in [3.63, 3.8) is 0 Å². The van der Waals surface area contributed by atoms with Crippen LogP contribution < -0.4 is 15.7 Å². The second kappa shape index (κ2) is 10.6.